The molecule has 0 radical (unpaired) electrons. The van der Waals surface area contributed by atoms with E-state index in [0.29, 0.717) is 18.8 Å². The molecule has 9 heteroatoms. The molecule has 1 aromatic rings. The third-order valence-electron chi connectivity index (χ3n) is 6.65. The molecule has 0 aromatic heterocycles. The molecule has 6 rings (SSSR count). The molecular formula is C20H24FN3O5. The second kappa shape index (κ2) is 7.12. The summed E-state index contributed by atoms with van der Waals surface area (Å²) in [5.74, 6) is -0.629. The number of carbonyl (C=O) groups is 1. The molecule has 5 heterocycles. The molecule has 1 unspecified atom stereocenters. The van der Waals surface area contributed by atoms with Gasteiger partial charge in [-0.3, -0.25) is 10.1 Å². The fraction of sp³-hybridized carbons (Fsp3) is 0.650. The van der Waals surface area contributed by atoms with Gasteiger partial charge in [0.1, 0.15) is 6.10 Å². The van der Waals surface area contributed by atoms with E-state index in [9.17, 15) is 19.3 Å². The Hall–Kier alpha value is -2.42. The van der Waals surface area contributed by atoms with Crippen LogP contribution >= 0.6 is 0 Å². The van der Waals surface area contributed by atoms with Gasteiger partial charge < -0.3 is 19.3 Å². The van der Waals surface area contributed by atoms with Crippen LogP contribution in [-0.4, -0.2) is 59.4 Å². The first kappa shape index (κ1) is 18.6. The molecule has 1 atom stereocenters. The zero-order valence-electron chi connectivity index (χ0n) is 16.0. The predicted molar refractivity (Wildman–Crippen MR) is 101 cm³/mol. The number of nitro groups is 1. The molecule has 5 aliphatic rings. The Morgan fingerprint density at radius 2 is 1.90 bits per heavy atom. The molecule has 0 aliphatic carbocycles. The van der Waals surface area contributed by atoms with Gasteiger partial charge in [0, 0.05) is 24.7 Å². The van der Waals surface area contributed by atoms with Crippen LogP contribution in [0.5, 0.6) is 0 Å². The van der Waals surface area contributed by atoms with E-state index in [2.05, 4.69) is 0 Å². The van der Waals surface area contributed by atoms with Crippen molar-refractivity contribution in [2.45, 2.75) is 68.9 Å². The molecule has 5 fully saturated rings. The first-order valence-electron chi connectivity index (χ1n) is 10.3. The largest absolute Gasteiger partial charge is 0.444 e. The summed E-state index contributed by atoms with van der Waals surface area (Å²) < 4.78 is 26.2. The molecule has 5 saturated heterocycles. The number of rotatable bonds is 3. The number of carbonyl (C=O) groups excluding carboxylic acids is 1. The first-order valence-corrected chi connectivity index (χ1v) is 10.3. The van der Waals surface area contributed by atoms with E-state index < -0.39 is 10.7 Å². The van der Waals surface area contributed by atoms with Crippen LogP contribution in [0.3, 0.4) is 0 Å². The number of hydrogen-bond donors (Lipinski definition) is 0. The molecule has 0 saturated carbocycles. The molecule has 29 heavy (non-hydrogen) atoms. The van der Waals surface area contributed by atoms with Crippen LogP contribution in [0, 0.1) is 15.9 Å². The van der Waals surface area contributed by atoms with Gasteiger partial charge in [-0.15, -0.1) is 0 Å². The van der Waals surface area contributed by atoms with Crippen LogP contribution in [0.2, 0.25) is 0 Å². The van der Waals surface area contributed by atoms with Crippen LogP contribution in [0.4, 0.5) is 20.6 Å². The predicted octanol–water partition coefficient (Wildman–Crippen LogP) is 3.23. The molecule has 8 nitrogen and oxygen atoms in total. The zero-order chi connectivity index (χ0) is 20.1. The van der Waals surface area contributed by atoms with Gasteiger partial charge in [0.05, 0.1) is 35.4 Å². The fourth-order valence-electron chi connectivity index (χ4n) is 5.47. The van der Waals surface area contributed by atoms with E-state index >= 15 is 0 Å². The Bertz CT molecular complexity index is 806. The summed E-state index contributed by atoms with van der Waals surface area (Å²) in [6, 6.07) is 4.07. The molecule has 1 aromatic carbocycles. The van der Waals surface area contributed by atoms with Gasteiger partial charge in [-0.2, -0.15) is 0 Å². The maximum atomic E-state index is 14.4. The van der Waals surface area contributed by atoms with Crippen LogP contribution < -0.4 is 4.90 Å². The smallest absolute Gasteiger partial charge is 0.410 e. The highest BCUT2D eigenvalue weighted by Gasteiger charge is 2.50. The minimum Gasteiger partial charge on any atom is -0.444 e. The van der Waals surface area contributed by atoms with E-state index in [0.717, 1.165) is 44.6 Å². The van der Waals surface area contributed by atoms with Crippen molar-refractivity contribution in [2.75, 3.05) is 18.0 Å². The lowest BCUT2D eigenvalue weighted by molar-refractivity contribution is -0.385. The van der Waals surface area contributed by atoms with Crippen LogP contribution in [0.15, 0.2) is 18.2 Å². The number of halogens is 1. The van der Waals surface area contributed by atoms with Crippen molar-refractivity contribution in [2.24, 2.45) is 0 Å². The van der Waals surface area contributed by atoms with E-state index in [1.807, 2.05) is 4.90 Å². The molecule has 5 aliphatic heterocycles. The van der Waals surface area contributed by atoms with Gasteiger partial charge >= 0.3 is 6.09 Å². The molecule has 1 amide bonds. The number of amides is 1. The quantitative estimate of drug-likeness (QED) is 0.567. The highest BCUT2D eigenvalue weighted by atomic mass is 19.1. The molecule has 4 bridgehead atoms. The number of anilines is 1. The average molecular weight is 405 g/mol. The van der Waals surface area contributed by atoms with Gasteiger partial charge in [0.25, 0.3) is 5.69 Å². The monoisotopic (exact) mass is 405 g/mol. The number of benzene rings is 1. The van der Waals surface area contributed by atoms with Crippen molar-refractivity contribution in [1.82, 2.24) is 4.90 Å². The number of nitrogens with zero attached hydrogens (tertiary/aromatic N) is 3. The Labute approximate surface area is 167 Å². The SMILES string of the molecule is O=C(OC1CCCN(c2ccc([N+](=O)[O-])cc2F)C1)N1C2CC3CC1CC(C2)O3. The van der Waals surface area contributed by atoms with E-state index in [1.165, 1.54) is 12.1 Å². The lowest BCUT2D eigenvalue weighted by Crippen LogP contribution is -2.64. The van der Waals surface area contributed by atoms with Crippen molar-refractivity contribution in [3.05, 3.63) is 34.1 Å². The Kier molecular flexibility index (Phi) is 4.57. The second-order valence-corrected chi connectivity index (χ2v) is 8.52. The summed E-state index contributed by atoms with van der Waals surface area (Å²) >= 11 is 0. The maximum absolute atomic E-state index is 14.4. The standard InChI is InChI=1S/C20H24FN3O5/c21-18-10-12(24(26)27)3-4-19(18)22-5-1-2-15(11-22)29-20(25)23-13-6-16-8-14(23)9-17(7-13)28-16/h3-4,10,13-17H,1-2,5-9,11H2. The first-order chi connectivity index (χ1) is 14.0. The second-order valence-electron chi connectivity index (χ2n) is 8.52. The molecular weight excluding hydrogens is 381 g/mol. The zero-order valence-corrected chi connectivity index (χ0v) is 16.0. The number of piperidine rings is 3. The summed E-state index contributed by atoms with van der Waals surface area (Å²) in [6.45, 7) is 1.01. The van der Waals surface area contributed by atoms with E-state index in [4.69, 9.17) is 9.47 Å². The third-order valence-corrected chi connectivity index (χ3v) is 6.65. The van der Waals surface area contributed by atoms with Gasteiger partial charge in [0.2, 0.25) is 0 Å². The molecule has 0 spiro atoms. The van der Waals surface area contributed by atoms with E-state index in [-0.39, 0.29) is 42.2 Å². The molecule has 0 N–H and O–H groups in total. The third kappa shape index (κ3) is 3.41. The summed E-state index contributed by atoms with van der Waals surface area (Å²) in [5, 5.41) is 10.8. The highest BCUT2D eigenvalue weighted by molar-refractivity contribution is 5.69. The summed E-state index contributed by atoms with van der Waals surface area (Å²) in [6.07, 6.45) is 4.98. The number of non-ortho nitro benzene ring substituents is 1. The fourth-order valence-corrected chi connectivity index (χ4v) is 5.47. The minimum absolute atomic E-state index is 0.200. The van der Waals surface area contributed by atoms with Crippen molar-refractivity contribution in [3.8, 4) is 0 Å². The van der Waals surface area contributed by atoms with E-state index in [1.54, 1.807) is 4.90 Å². The normalized spacial score (nSPS) is 33.1. The number of ether oxygens (including phenoxy) is 2. The summed E-state index contributed by atoms with van der Waals surface area (Å²) in [7, 11) is 0. The number of nitro benzene ring substituents is 1. The van der Waals surface area contributed by atoms with Crippen LogP contribution in [-0.2, 0) is 9.47 Å². The average Bonchev–Trinajstić information content (AvgIpc) is 2.67. The van der Waals surface area contributed by atoms with Gasteiger partial charge in [-0.1, -0.05) is 0 Å². The van der Waals surface area contributed by atoms with Gasteiger partial charge in [-0.25, -0.2) is 9.18 Å². The number of hydrogen-bond acceptors (Lipinski definition) is 6. The lowest BCUT2D eigenvalue weighted by Gasteiger charge is -2.55. The Morgan fingerprint density at radius 1 is 1.21 bits per heavy atom. The van der Waals surface area contributed by atoms with Crippen molar-refractivity contribution in [1.29, 1.82) is 0 Å². The van der Waals surface area contributed by atoms with Gasteiger partial charge in [-0.05, 0) is 44.6 Å². The minimum atomic E-state index is -0.629. The van der Waals surface area contributed by atoms with Crippen LogP contribution in [0.25, 0.3) is 0 Å². The lowest BCUT2D eigenvalue weighted by atomic mass is 9.78. The molecule has 156 valence electrons. The maximum Gasteiger partial charge on any atom is 0.410 e. The van der Waals surface area contributed by atoms with Crippen molar-refractivity contribution >= 4 is 17.5 Å². The Morgan fingerprint density at radius 3 is 2.52 bits per heavy atom. The van der Waals surface area contributed by atoms with Crippen molar-refractivity contribution in [3.63, 3.8) is 0 Å². The summed E-state index contributed by atoms with van der Waals surface area (Å²) in [5.41, 5.74) is 0.0355. The van der Waals surface area contributed by atoms with Crippen LogP contribution in [0.1, 0.15) is 38.5 Å². The van der Waals surface area contributed by atoms with Crippen molar-refractivity contribution < 1.29 is 23.6 Å². The van der Waals surface area contributed by atoms with Gasteiger partial charge in [0.15, 0.2) is 5.82 Å². The highest BCUT2D eigenvalue weighted by Crippen LogP contribution is 2.43. The Balaban J connectivity index is 1.25. The topological polar surface area (TPSA) is 85.1 Å². The summed E-state index contributed by atoms with van der Waals surface area (Å²) in [4.78, 5) is 26.9.